The SMILES string of the molecule is CC1=C(CCC(C)O)C(C)(C)C[C@@H](O)C1. The Morgan fingerprint density at radius 1 is 1.47 bits per heavy atom. The highest BCUT2D eigenvalue weighted by atomic mass is 16.3. The quantitative estimate of drug-likeness (QED) is 0.706. The number of hydrogen-bond acceptors (Lipinski definition) is 2. The Morgan fingerprint density at radius 3 is 2.53 bits per heavy atom. The van der Waals surface area contributed by atoms with Crippen molar-refractivity contribution in [3.05, 3.63) is 11.1 Å². The van der Waals surface area contributed by atoms with Gasteiger partial charge in [0.25, 0.3) is 0 Å². The number of aliphatic hydroxyl groups is 2. The van der Waals surface area contributed by atoms with Crippen molar-refractivity contribution in [3.8, 4) is 0 Å². The van der Waals surface area contributed by atoms with Gasteiger partial charge in [0, 0.05) is 0 Å². The lowest BCUT2D eigenvalue weighted by atomic mass is 9.70. The van der Waals surface area contributed by atoms with Crippen molar-refractivity contribution < 1.29 is 10.2 Å². The van der Waals surface area contributed by atoms with Crippen LogP contribution in [0.25, 0.3) is 0 Å². The molecule has 0 heterocycles. The minimum absolute atomic E-state index is 0.0939. The fourth-order valence-corrected chi connectivity index (χ4v) is 2.74. The van der Waals surface area contributed by atoms with E-state index in [9.17, 15) is 10.2 Å². The van der Waals surface area contributed by atoms with Crippen LogP contribution in [0.5, 0.6) is 0 Å². The minimum atomic E-state index is -0.229. The molecule has 0 spiro atoms. The molecule has 0 bridgehead atoms. The zero-order valence-corrected chi connectivity index (χ0v) is 10.4. The van der Waals surface area contributed by atoms with Gasteiger partial charge in [-0.1, -0.05) is 25.0 Å². The first-order valence-corrected chi connectivity index (χ1v) is 5.88. The molecule has 0 amide bonds. The molecule has 1 aliphatic rings. The molecule has 0 saturated carbocycles. The lowest BCUT2D eigenvalue weighted by molar-refractivity contribution is 0.110. The van der Waals surface area contributed by atoms with E-state index in [0.717, 1.165) is 25.7 Å². The maximum absolute atomic E-state index is 9.73. The van der Waals surface area contributed by atoms with Gasteiger partial charge in [0.15, 0.2) is 0 Å². The average Bonchev–Trinajstić information content (AvgIpc) is 1.98. The Balaban J connectivity index is 2.77. The van der Waals surface area contributed by atoms with E-state index in [4.69, 9.17) is 0 Å². The molecule has 1 rings (SSSR count). The number of aliphatic hydroxyl groups excluding tert-OH is 2. The van der Waals surface area contributed by atoms with Crippen molar-refractivity contribution in [1.82, 2.24) is 0 Å². The molecule has 0 saturated heterocycles. The summed E-state index contributed by atoms with van der Waals surface area (Å²) in [7, 11) is 0. The molecule has 1 unspecified atom stereocenters. The molecule has 0 aliphatic heterocycles. The molecule has 0 radical (unpaired) electrons. The molecule has 0 aromatic carbocycles. The zero-order valence-electron chi connectivity index (χ0n) is 10.4. The standard InChI is InChI=1S/C13H24O2/c1-9-7-11(15)8-13(3,4)12(9)6-5-10(2)14/h10-11,14-15H,5-8H2,1-4H3/t10?,11-/m0/s1. The summed E-state index contributed by atoms with van der Waals surface area (Å²) in [5.41, 5.74) is 2.85. The van der Waals surface area contributed by atoms with Crippen LogP contribution in [-0.4, -0.2) is 22.4 Å². The van der Waals surface area contributed by atoms with E-state index in [0.29, 0.717) is 0 Å². The smallest absolute Gasteiger partial charge is 0.0585 e. The first-order chi connectivity index (χ1) is 6.83. The first kappa shape index (κ1) is 12.7. The van der Waals surface area contributed by atoms with Crippen LogP contribution in [-0.2, 0) is 0 Å². The van der Waals surface area contributed by atoms with E-state index >= 15 is 0 Å². The van der Waals surface area contributed by atoms with Gasteiger partial charge in [-0.3, -0.25) is 0 Å². The average molecular weight is 212 g/mol. The molecular formula is C13H24O2. The number of hydrogen-bond donors (Lipinski definition) is 2. The van der Waals surface area contributed by atoms with E-state index in [1.807, 2.05) is 6.92 Å². The van der Waals surface area contributed by atoms with Gasteiger partial charge < -0.3 is 10.2 Å². The summed E-state index contributed by atoms with van der Waals surface area (Å²) in [6.07, 6.45) is 3.02. The highest BCUT2D eigenvalue weighted by Crippen LogP contribution is 2.42. The topological polar surface area (TPSA) is 40.5 Å². The molecule has 88 valence electrons. The molecule has 2 N–H and O–H groups in total. The molecular weight excluding hydrogens is 188 g/mol. The fraction of sp³-hybridized carbons (Fsp3) is 0.846. The summed E-state index contributed by atoms with van der Waals surface area (Å²) in [6.45, 7) is 8.33. The number of rotatable bonds is 3. The Bertz CT molecular complexity index is 251. The molecule has 2 atom stereocenters. The fourth-order valence-electron chi connectivity index (χ4n) is 2.74. The van der Waals surface area contributed by atoms with Gasteiger partial charge in [-0.2, -0.15) is 0 Å². The molecule has 2 nitrogen and oxygen atoms in total. The van der Waals surface area contributed by atoms with Crippen LogP contribution in [0.2, 0.25) is 0 Å². The van der Waals surface area contributed by atoms with Crippen molar-refractivity contribution in [3.63, 3.8) is 0 Å². The van der Waals surface area contributed by atoms with Gasteiger partial charge in [0.1, 0.15) is 0 Å². The van der Waals surface area contributed by atoms with Gasteiger partial charge in [0.2, 0.25) is 0 Å². The van der Waals surface area contributed by atoms with Crippen LogP contribution in [0.15, 0.2) is 11.1 Å². The summed E-state index contributed by atoms with van der Waals surface area (Å²) in [4.78, 5) is 0. The molecule has 15 heavy (non-hydrogen) atoms. The van der Waals surface area contributed by atoms with Crippen molar-refractivity contribution >= 4 is 0 Å². The van der Waals surface area contributed by atoms with Crippen LogP contribution >= 0.6 is 0 Å². The Morgan fingerprint density at radius 2 is 2.07 bits per heavy atom. The Labute approximate surface area is 93.0 Å². The summed E-state index contributed by atoms with van der Waals surface area (Å²) in [6, 6.07) is 0. The highest BCUT2D eigenvalue weighted by molar-refractivity contribution is 5.23. The van der Waals surface area contributed by atoms with Crippen molar-refractivity contribution in [1.29, 1.82) is 0 Å². The van der Waals surface area contributed by atoms with Gasteiger partial charge in [-0.15, -0.1) is 0 Å². The van der Waals surface area contributed by atoms with Crippen LogP contribution in [0.4, 0.5) is 0 Å². The summed E-state index contributed by atoms with van der Waals surface area (Å²) in [5.74, 6) is 0. The van der Waals surface area contributed by atoms with Crippen molar-refractivity contribution in [2.24, 2.45) is 5.41 Å². The third kappa shape index (κ3) is 3.32. The predicted octanol–water partition coefficient (Wildman–Crippen LogP) is 2.64. The molecule has 0 aromatic heterocycles. The van der Waals surface area contributed by atoms with Gasteiger partial charge in [-0.25, -0.2) is 0 Å². The second kappa shape index (κ2) is 4.67. The normalized spacial score (nSPS) is 28.0. The monoisotopic (exact) mass is 212 g/mol. The Kier molecular flexibility index (Phi) is 3.96. The van der Waals surface area contributed by atoms with E-state index < -0.39 is 0 Å². The first-order valence-electron chi connectivity index (χ1n) is 5.88. The van der Waals surface area contributed by atoms with E-state index in [2.05, 4.69) is 20.8 Å². The summed E-state index contributed by atoms with van der Waals surface area (Å²) in [5, 5.41) is 19.0. The third-order valence-electron chi connectivity index (χ3n) is 3.43. The predicted molar refractivity (Wildman–Crippen MR) is 62.6 cm³/mol. The Hall–Kier alpha value is -0.340. The highest BCUT2D eigenvalue weighted by Gasteiger charge is 2.32. The van der Waals surface area contributed by atoms with Gasteiger partial charge >= 0.3 is 0 Å². The van der Waals surface area contributed by atoms with Crippen molar-refractivity contribution in [2.45, 2.75) is 65.6 Å². The lowest BCUT2D eigenvalue weighted by Gasteiger charge is -2.37. The summed E-state index contributed by atoms with van der Waals surface area (Å²) < 4.78 is 0. The maximum atomic E-state index is 9.73. The largest absolute Gasteiger partial charge is 0.393 e. The van der Waals surface area contributed by atoms with Gasteiger partial charge in [0.05, 0.1) is 12.2 Å². The van der Waals surface area contributed by atoms with Gasteiger partial charge in [-0.05, 0) is 44.9 Å². The zero-order chi connectivity index (χ0) is 11.6. The minimum Gasteiger partial charge on any atom is -0.393 e. The van der Waals surface area contributed by atoms with E-state index in [1.165, 1.54) is 11.1 Å². The van der Waals surface area contributed by atoms with Crippen LogP contribution in [0, 0.1) is 5.41 Å². The second-order valence-corrected chi connectivity index (χ2v) is 5.59. The third-order valence-corrected chi connectivity index (χ3v) is 3.43. The number of allylic oxidation sites excluding steroid dienone is 1. The van der Waals surface area contributed by atoms with Crippen LogP contribution in [0.3, 0.4) is 0 Å². The lowest BCUT2D eigenvalue weighted by Crippen LogP contribution is -2.29. The van der Waals surface area contributed by atoms with Crippen molar-refractivity contribution in [2.75, 3.05) is 0 Å². The molecule has 0 aromatic rings. The maximum Gasteiger partial charge on any atom is 0.0585 e. The second-order valence-electron chi connectivity index (χ2n) is 5.59. The summed E-state index contributed by atoms with van der Waals surface area (Å²) >= 11 is 0. The van der Waals surface area contributed by atoms with E-state index in [1.54, 1.807) is 0 Å². The molecule has 0 fully saturated rings. The molecule has 2 heteroatoms. The van der Waals surface area contributed by atoms with E-state index in [-0.39, 0.29) is 17.6 Å². The molecule has 1 aliphatic carbocycles. The van der Waals surface area contributed by atoms with Crippen LogP contribution in [0.1, 0.15) is 53.4 Å². The van der Waals surface area contributed by atoms with Crippen LogP contribution < -0.4 is 0 Å².